The van der Waals surface area contributed by atoms with Gasteiger partial charge in [-0.1, -0.05) is 54.1 Å². The summed E-state index contributed by atoms with van der Waals surface area (Å²) in [7, 11) is 0. The second kappa shape index (κ2) is 10.8. The summed E-state index contributed by atoms with van der Waals surface area (Å²) in [5.74, 6) is -1.22. The average molecular weight is 523 g/mol. The van der Waals surface area contributed by atoms with Crippen molar-refractivity contribution >= 4 is 40.6 Å². The molecule has 0 unspecified atom stereocenters. The molecular formula is C25H28Cl2N2O6. The molecule has 1 N–H and O–H groups in total. The van der Waals surface area contributed by atoms with Gasteiger partial charge in [-0.05, 0) is 68.5 Å². The van der Waals surface area contributed by atoms with Crippen molar-refractivity contribution in [1.82, 2.24) is 9.96 Å². The third-order valence-electron chi connectivity index (χ3n) is 5.70. The van der Waals surface area contributed by atoms with Crippen LogP contribution in [0.4, 0.5) is 9.59 Å². The number of likely N-dealkylation sites (tertiary alicyclic amines) is 1. The van der Waals surface area contributed by atoms with Crippen LogP contribution >= 0.6 is 23.2 Å². The highest BCUT2D eigenvalue weighted by Crippen LogP contribution is 2.41. The van der Waals surface area contributed by atoms with Gasteiger partial charge in [0.1, 0.15) is 12.2 Å². The lowest BCUT2D eigenvalue weighted by molar-refractivity contribution is -0.177. The first-order valence-corrected chi connectivity index (χ1v) is 11.9. The van der Waals surface area contributed by atoms with Gasteiger partial charge in [-0.2, -0.15) is 0 Å². The van der Waals surface area contributed by atoms with Crippen molar-refractivity contribution in [2.45, 2.75) is 57.4 Å². The van der Waals surface area contributed by atoms with Crippen LogP contribution in [-0.4, -0.2) is 50.7 Å². The number of rotatable bonds is 6. The molecule has 3 rings (SSSR count). The number of aliphatic carboxylic acids is 1. The Balaban J connectivity index is 1.96. The fourth-order valence-corrected chi connectivity index (χ4v) is 4.41. The van der Waals surface area contributed by atoms with E-state index in [1.54, 1.807) is 45.0 Å². The van der Waals surface area contributed by atoms with Crippen molar-refractivity contribution in [3.8, 4) is 0 Å². The van der Waals surface area contributed by atoms with Gasteiger partial charge in [-0.3, -0.25) is 14.5 Å². The summed E-state index contributed by atoms with van der Waals surface area (Å²) in [4.78, 5) is 45.2. The lowest BCUT2D eigenvalue weighted by Gasteiger charge is -2.48. The van der Waals surface area contributed by atoms with Crippen LogP contribution in [0.3, 0.4) is 0 Å². The minimum atomic E-state index is -1.73. The molecule has 35 heavy (non-hydrogen) atoms. The maximum Gasteiger partial charge on any atom is 0.411 e. The Morgan fingerprint density at radius 2 is 1.74 bits per heavy atom. The van der Waals surface area contributed by atoms with Gasteiger partial charge in [-0.25, -0.2) is 14.7 Å². The minimum Gasteiger partial charge on any atom is -0.479 e. The number of hydrogen-bond donors (Lipinski definition) is 1. The number of ether oxygens (including phenoxy) is 1. The van der Waals surface area contributed by atoms with Crippen LogP contribution in [0.1, 0.15) is 44.7 Å². The smallest absolute Gasteiger partial charge is 0.411 e. The number of hydroxylamine groups is 2. The Morgan fingerprint density at radius 1 is 1.11 bits per heavy atom. The van der Waals surface area contributed by atoms with Crippen molar-refractivity contribution in [2.75, 3.05) is 6.54 Å². The average Bonchev–Trinajstić information content (AvgIpc) is 2.79. The summed E-state index contributed by atoms with van der Waals surface area (Å²) >= 11 is 11.9. The summed E-state index contributed by atoms with van der Waals surface area (Å²) in [5, 5.41) is 11.0. The zero-order valence-electron chi connectivity index (χ0n) is 19.7. The predicted molar refractivity (Wildman–Crippen MR) is 131 cm³/mol. The first kappa shape index (κ1) is 26.8. The van der Waals surface area contributed by atoms with Crippen molar-refractivity contribution in [2.24, 2.45) is 0 Å². The molecule has 1 saturated heterocycles. The molecule has 1 aliphatic rings. The number of carboxylic acids is 1. The highest BCUT2D eigenvalue weighted by atomic mass is 35.5. The molecule has 10 heteroatoms. The molecule has 2 atom stereocenters. The maximum atomic E-state index is 13.3. The standard InChI is InChI=1S/C25H28Cl2N2O6/c1-24(2,3)35-23(33)28-15-20(29(22(27)32)34-16-17-7-5-4-6-8-17)13-14-25(28,21(30)31)18-9-11-19(26)12-10-18/h4-12,20H,13-16H2,1-3H3,(H,30,31)/t20-,25+/m1/s1. The lowest BCUT2D eigenvalue weighted by Crippen LogP contribution is -2.63. The second-order valence-corrected chi connectivity index (χ2v) is 10.1. The van der Waals surface area contributed by atoms with Gasteiger partial charge in [-0.15, -0.1) is 0 Å². The van der Waals surface area contributed by atoms with Gasteiger partial charge in [0.25, 0.3) is 0 Å². The number of hydrogen-bond acceptors (Lipinski definition) is 5. The Hall–Kier alpha value is -2.81. The van der Waals surface area contributed by atoms with E-state index in [0.717, 1.165) is 15.5 Å². The zero-order chi connectivity index (χ0) is 25.8. The van der Waals surface area contributed by atoms with E-state index in [1.807, 2.05) is 30.3 Å². The van der Waals surface area contributed by atoms with E-state index >= 15 is 0 Å². The second-order valence-electron chi connectivity index (χ2n) is 9.29. The molecule has 2 aromatic carbocycles. The number of carboxylic acid groups (broad SMARTS) is 1. The monoisotopic (exact) mass is 522 g/mol. The number of piperidine rings is 1. The topological polar surface area (TPSA) is 96.4 Å². The van der Waals surface area contributed by atoms with E-state index in [4.69, 9.17) is 32.8 Å². The number of amides is 2. The Bertz CT molecular complexity index is 1060. The van der Waals surface area contributed by atoms with E-state index in [9.17, 15) is 19.5 Å². The van der Waals surface area contributed by atoms with Crippen LogP contribution in [0.2, 0.25) is 5.02 Å². The molecule has 0 saturated carbocycles. The fourth-order valence-electron chi connectivity index (χ4n) is 4.10. The largest absolute Gasteiger partial charge is 0.479 e. The van der Waals surface area contributed by atoms with Crippen LogP contribution in [-0.2, 0) is 26.5 Å². The highest BCUT2D eigenvalue weighted by Gasteiger charge is 2.54. The third-order valence-corrected chi connectivity index (χ3v) is 6.12. The molecular weight excluding hydrogens is 495 g/mol. The molecule has 8 nitrogen and oxygen atoms in total. The molecule has 0 spiro atoms. The molecule has 2 aromatic rings. The van der Waals surface area contributed by atoms with Crippen LogP contribution in [0.15, 0.2) is 54.6 Å². The normalized spacial score (nSPS) is 20.3. The Kier molecular flexibility index (Phi) is 8.30. The van der Waals surface area contributed by atoms with Crippen LogP contribution < -0.4 is 0 Å². The summed E-state index contributed by atoms with van der Waals surface area (Å²) in [6, 6.07) is 14.8. The summed E-state index contributed by atoms with van der Waals surface area (Å²) < 4.78 is 5.57. The molecule has 2 amide bonds. The van der Waals surface area contributed by atoms with E-state index in [1.165, 1.54) is 0 Å². The SMILES string of the molecule is CC(C)(C)OC(=O)N1C[C@H](N(OCc2ccccc2)C(=O)Cl)CC[C@@]1(C(=O)O)c1ccc(Cl)cc1. The Morgan fingerprint density at radius 3 is 2.29 bits per heavy atom. The zero-order valence-corrected chi connectivity index (χ0v) is 21.3. The lowest BCUT2D eigenvalue weighted by atomic mass is 9.79. The molecule has 1 fully saturated rings. The summed E-state index contributed by atoms with van der Waals surface area (Å²) in [5.41, 5.74) is -1.42. The van der Waals surface area contributed by atoms with Crippen molar-refractivity contribution in [3.63, 3.8) is 0 Å². The molecule has 0 bridgehead atoms. The predicted octanol–water partition coefficient (Wildman–Crippen LogP) is 5.81. The number of carbonyl (C=O) groups is 3. The maximum absolute atomic E-state index is 13.3. The van der Waals surface area contributed by atoms with Gasteiger partial charge in [0.2, 0.25) is 0 Å². The number of benzene rings is 2. The van der Waals surface area contributed by atoms with E-state index in [-0.39, 0.29) is 26.0 Å². The first-order valence-electron chi connectivity index (χ1n) is 11.1. The quantitative estimate of drug-likeness (QED) is 0.292. The molecule has 0 radical (unpaired) electrons. The molecule has 1 aliphatic heterocycles. The number of nitrogens with zero attached hydrogens (tertiary/aromatic N) is 2. The van der Waals surface area contributed by atoms with Crippen molar-refractivity contribution < 1.29 is 29.1 Å². The minimum absolute atomic E-state index is 0.0107. The van der Waals surface area contributed by atoms with Gasteiger partial charge in [0, 0.05) is 11.6 Å². The van der Waals surface area contributed by atoms with E-state index in [2.05, 4.69) is 0 Å². The van der Waals surface area contributed by atoms with Crippen LogP contribution in [0, 0.1) is 0 Å². The molecule has 0 aliphatic carbocycles. The van der Waals surface area contributed by atoms with Gasteiger partial charge in [0.15, 0.2) is 5.54 Å². The summed E-state index contributed by atoms with van der Waals surface area (Å²) in [6.07, 6.45) is -0.630. The highest BCUT2D eigenvalue weighted by molar-refractivity contribution is 6.62. The first-order chi connectivity index (χ1) is 16.4. The Labute approximate surface area is 214 Å². The van der Waals surface area contributed by atoms with Gasteiger partial charge >= 0.3 is 17.4 Å². The number of carbonyl (C=O) groups excluding carboxylic acids is 2. The van der Waals surface area contributed by atoms with Gasteiger partial charge in [0.05, 0.1) is 6.04 Å². The van der Waals surface area contributed by atoms with Crippen LogP contribution in [0.5, 0.6) is 0 Å². The van der Waals surface area contributed by atoms with Crippen LogP contribution in [0.25, 0.3) is 0 Å². The summed E-state index contributed by atoms with van der Waals surface area (Å²) in [6.45, 7) is 4.97. The van der Waals surface area contributed by atoms with Crippen molar-refractivity contribution in [1.29, 1.82) is 0 Å². The molecule has 1 heterocycles. The van der Waals surface area contributed by atoms with Crippen molar-refractivity contribution in [3.05, 3.63) is 70.7 Å². The third kappa shape index (κ3) is 6.25. The molecule has 0 aromatic heterocycles. The molecule has 188 valence electrons. The van der Waals surface area contributed by atoms with E-state index in [0.29, 0.717) is 10.6 Å². The van der Waals surface area contributed by atoms with Gasteiger partial charge < -0.3 is 9.84 Å². The number of halogens is 2. The fraction of sp³-hybridized carbons (Fsp3) is 0.400. The van der Waals surface area contributed by atoms with E-state index < -0.39 is 34.6 Å².